The van der Waals surface area contributed by atoms with Gasteiger partial charge in [0.1, 0.15) is 17.8 Å². The second-order valence-electron chi connectivity index (χ2n) is 6.85. The summed E-state index contributed by atoms with van der Waals surface area (Å²) < 4.78 is 0. The van der Waals surface area contributed by atoms with Gasteiger partial charge in [-0.3, -0.25) is 4.79 Å². The van der Waals surface area contributed by atoms with Crippen molar-refractivity contribution in [2.45, 2.75) is 31.7 Å². The van der Waals surface area contributed by atoms with E-state index in [1.807, 2.05) is 17.2 Å². The summed E-state index contributed by atoms with van der Waals surface area (Å²) in [5, 5.41) is 1.03. The minimum Gasteiger partial charge on any atom is -0.354 e. The first-order valence-electron chi connectivity index (χ1n) is 8.43. The predicted molar refractivity (Wildman–Crippen MR) is 92.4 cm³/mol. The van der Waals surface area contributed by atoms with E-state index in [1.165, 1.54) is 0 Å². The van der Waals surface area contributed by atoms with E-state index < -0.39 is 0 Å². The molecule has 1 amide bonds. The van der Waals surface area contributed by atoms with Crippen LogP contribution in [-0.4, -0.2) is 50.9 Å². The van der Waals surface area contributed by atoms with Crippen molar-refractivity contribution in [2.24, 2.45) is 5.92 Å². The minimum absolute atomic E-state index is 0.0759. The second kappa shape index (κ2) is 5.52. The first kappa shape index (κ1) is 15.0. The van der Waals surface area contributed by atoms with Crippen molar-refractivity contribution in [2.75, 3.05) is 24.5 Å². The highest BCUT2D eigenvalue weighted by Gasteiger charge is 2.54. The van der Waals surface area contributed by atoms with Gasteiger partial charge in [0.2, 0.25) is 5.91 Å². The number of carbonyl (C=O) groups excluding carboxylic acids is 1. The van der Waals surface area contributed by atoms with Crippen LogP contribution in [0.25, 0.3) is 11.0 Å². The Bertz CT molecular complexity index is 822. The third-order valence-corrected chi connectivity index (χ3v) is 5.60. The maximum Gasteiger partial charge on any atom is 0.235 e. The van der Waals surface area contributed by atoms with Crippen LogP contribution in [0.1, 0.15) is 26.2 Å². The molecule has 2 aliphatic rings. The van der Waals surface area contributed by atoms with Crippen molar-refractivity contribution in [3.8, 4) is 12.3 Å². The largest absolute Gasteiger partial charge is 0.354 e. The summed E-state index contributed by atoms with van der Waals surface area (Å²) in [6.07, 6.45) is 11.1. The third kappa shape index (κ3) is 2.08. The van der Waals surface area contributed by atoms with E-state index in [9.17, 15) is 4.79 Å². The van der Waals surface area contributed by atoms with Gasteiger partial charge in [0.05, 0.1) is 17.3 Å². The van der Waals surface area contributed by atoms with Gasteiger partial charge >= 0.3 is 0 Å². The van der Waals surface area contributed by atoms with Gasteiger partial charge in [-0.2, -0.15) is 0 Å². The summed E-state index contributed by atoms with van der Waals surface area (Å²) in [7, 11) is 0. The van der Waals surface area contributed by atoms with Crippen molar-refractivity contribution < 1.29 is 4.79 Å². The number of anilines is 1. The molecule has 6 heteroatoms. The molecule has 0 aromatic carbocycles. The summed E-state index contributed by atoms with van der Waals surface area (Å²) in [5.41, 5.74) is 0.737. The Morgan fingerprint density at radius 3 is 3.21 bits per heavy atom. The summed E-state index contributed by atoms with van der Waals surface area (Å²) in [5.74, 6) is 3.99. The maximum atomic E-state index is 12.4. The molecule has 2 aromatic rings. The van der Waals surface area contributed by atoms with Crippen LogP contribution < -0.4 is 4.90 Å². The lowest BCUT2D eigenvalue weighted by molar-refractivity contribution is -0.156. The molecule has 2 aliphatic heterocycles. The van der Waals surface area contributed by atoms with Crippen molar-refractivity contribution in [3.63, 3.8) is 0 Å². The smallest absolute Gasteiger partial charge is 0.235 e. The zero-order valence-corrected chi connectivity index (χ0v) is 13.8. The van der Waals surface area contributed by atoms with Crippen molar-refractivity contribution >= 4 is 22.8 Å². The Balaban J connectivity index is 1.65. The number of H-pyrrole nitrogens is 1. The van der Waals surface area contributed by atoms with E-state index in [1.54, 1.807) is 6.33 Å². The average molecular weight is 323 g/mol. The fourth-order valence-electron chi connectivity index (χ4n) is 4.29. The number of terminal acetylenes is 1. The molecule has 2 atom stereocenters. The normalized spacial score (nSPS) is 26.4. The number of rotatable bonds is 2. The molecule has 0 radical (unpaired) electrons. The molecule has 2 aromatic heterocycles. The Kier molecular flexibility index (Phi) is 3.45. The number of amides is 1. The van der Waals surface area contributed by atoms with Crippen LogP contribution in [0.15, 0.2) is 18.6 Å². The molecule has 0 aliphatic carbocycles. The quantitative estimate of drug-likeness (QED) is 0.856. The minimum atomic E-state index is -0.111. The fraction of sp³-hybridized carbons (Fsp3) is 0.500. The van der Waals surface area contributed by atoms with Crippen LogP contribution >= 0.6 is 0 Å². The summed E-state index contributed by atoms with van der Waals surface area (Å²) in [6, 6.07) is 2.01. The molecule has 2 saturated heterocycles. The number of nitrogens with zero attached hydrogens (tertiary/aromatic N) is 4. The molecule has 0 unspecified atom stereocenters. The molecular weight excluding hydrogens is 302 g/mol. The molecule has 4 heterocycles. The third-order valence-electron chi connectivity index (χ3n) is 5.60. The van der Waals surface area contributed by atoms with E-state index in [2.05, 4.69) is 32.7 Å². The number of hydrogen-bond acceptors (Lipinski definition) is 4. The number of aromatic nitrogens is 3. The Morgan fingerprint density at radius 1 is 1.54 bits per heavy atom. The first-order chi connectivity index (χ1) is 11.7. The zero-order valence-electron chi connectivity index (χ0n) is 13.8. The Hall–Kier alpha value is -2.55. The van der Waals surface area contributed by atoms with Gasteiger partial charge in [0.15, 0.2) is 0 Å². The highest BCUT2D eigenvalue weighted by Crippen LogP contribution is 2.44. The Labute approximate surface area is 141 Å². The van der Waals surface area contributed by atoms with Gasteiger partial charge in [-0.1, -0.05) is 12.8 Å². The van der Waals surface area contributed by atoms with Crippen LogP contribution in [0.5, 0.6) is 0 Å². The lowest BCUT2D eigenvalue weighted by atomic mass is 9.69. The molecule has 6 nitrogen and oxygen atoms in total. The number of fused-ring (bicyclic) bond motifs is 1. The summed E-state index contributed by atoms with van der Waals surface area (Å²) >= 11 is 0. The van der Waals surface area contributed by atoms with Gasteiger partial charge < -0.3 is 14.8 Å². The van der Waals surface area contributed by atoms with Crippen molar-refractivity contribution in [1.82, 2.24) is 19.9 Å². The van der Waals surface area contributed by atoms with E-state index in [0.717, 1.165) is 49.3 Å². The molecule has 1 spiro atoms. The van der Waals surface area contributed by atoms with Gasteiger partial charge in [0, 0.05) is 25.8 Å². The molecule has 0 saturated carbocycles. The lowest BCUT2D eigenvalue weighted by Gasteiger charge is -2.61. The predicted octanol–water partition coefficient (Wildman–Crippen LogP) is 1.80. The molecular formula is C18H21N5O. The van der Waals surface area contributed by atoms with Crippen LogP contribution in [0.3, 0.4) is 0 Å². The van der Waals surface area contributed by atoms with E-state index in [4.69, 9.17) is 6.42 Å². The summed E-state index contributed by atoms with van der Waals surface area (Å²) in [6.45, 7) is 4.79. The molecule has 2 fully saturated rings. The monoisotopic (exact) mass is 323 g/mol. The highest BCUT2D eigenvalue weighted by atomic mass is 16.2. The van der Waals surface area contributed by atoms with Crippen LogP contribution in [-0.2, 0) is 4.79 Å². The number of aromatic amines is 1. The molecule has 0 bridgehead atoms. The van der Waals surface area contributed by atoms with E-state index >= 15 is 0 Å². The van der Waals surface area contributed by atoms with Gasteiger partial charge in [-0.25, -0.2) is 9.97 Å². The topological polar surface area (TPSA) is 65.1 Å². The Morgan fingerprint density at radius 2 is 2.42 bits per heavy atom. The van der Waals surface area contributed by atoms with Crippen LogP contribution in [0, 0.1) is 18.3 Å². The fourth-order valence-corrected chi connectivity index (χ4v) is 4.29. The number of hydrogen-bond donors (Lipinski definition) is 1. The van der Waals surface area contributed by atoms with Gasteiger partial charge in [0.25, 0.3) is 0 Å². The number of nitrogens with one attached hydrogen (secondary N) is 1. The average Bonchev–Trinajstić information content (AvgIpc) is 3.08. The van der Waals surface area contributed by atoms with E-state index in [0.29, 0.717) is 5.92 Å². The van der Waals surface area contributed by atoms with Gasteiger partial charge in [-0.05, 0) is 24.8 Å². The van der Waals surface area contributed by atoms with Crippen molar-refractivity contribution in [1.29, 1.82) is 0 Å². The van der Waals surface area contributed by atoms with Crippen molar-refractivity contribution in [3.05, 3.63) is 18.6 Å². The lowest BCUT2D eigenvalue weighted by Crippen LogP contribution is -2.73. The summed E-state index contributed by atoms with van der Waals surface area (Å²) in [4.78, 5) is 28.6. The SMILES string of the molecule is C#CCC(=O)N1C[C@@H](C)[C@]12CCCN(c1ncnc3[nH]ccc13)C2. The van der Waals surface area contributed by atoms with Crippen LogP contribution in [0.4, 0.5) is 5.82 Å². The number of carbonyl (C=O) groups is 1. The molecule has 4 rings (SSSR count). The maximum absolute atomic E-state index is 12.4. The van der Waals surface area contributed by atoms with Gasteiger partial charge in [-0.15, -0.1) is 6.42 Å². The first-order valence-corrected chi connectivity index (χ1v) is 8.43. The molecule has 124 valence electrons. The standard InChI is InChI=1S/C18H21N5O/c1-3-5-15(24)23-10-13(2)18(23)7-4-9-22(11-18)17-14-6-8-19-16(14)20-12-21-17/h1,6,8,12-13H,4-5,7,9-11H2,2H3,(H,19,20,21)/t13-,18-/m1/s1. The number of likely N-dealkylation sites (tertiary alicyclic amines) is 1. The molecule has 24 heavy (non-hydrogen) atoms. The number of piperidine rings is 1. The zero-order chi connectivity index (χ0) is 16.7. The second-order valence-corrected chi connectivity index (χ2v) is 6.85. The van der Waals surface area contributed by atoms with E-state index in [-0.39, 0.29) is 17.9 Å². The molecule has 1 N–H and O–H groups in total. The highest BCUT2D eigenvalue weighted by molar-refractivity contribution is 5.87. The van der Waals surface area contributed by atoms with Crippen LogP contribution in [0.2, 0.25) is 0 Å².